The van der Waals surface area contributed by atoms with Gasteiger partial charge < -0.3 is 41.9 Å². The van der Waals surface area contributed by atoms with Gasteiger partial charge in [0, 0.05) is 48.8 Å². The van der Waals surface area contributed by atoms with Gasteiger partial charge in [0.1, 0.15) is 18.1 Å². The van der Waals surface area contributed by atoms with Crippen molar-refractivity contribution in [2.45, 2.75) is 49.9 Å². The smallest absolute Gasteiger partial charge is 0.327 e. The van der Waals surface area contributed by atoms with Crippen molar-refractivity contribution in [3.8, 4) is 0 Å². The summed E-state index contributed by atoms with van der Waals surface area (Å²) in [6.45, 7) is 0. The van der Waals surface area contributed by atoms with Crippen molar-refractivity contribution in [3.05, 3.63) is 36.4 Å². The van der Waals surface area contributed by atoms with E-state index in [1.807, 2.05) is 0 Å². The molecule has 196 valence electrons. The van der Waals surface area contributed by atoms with E-state index in [1.165, 1.54) is 25.0 Å². The summed E-state index contributed by atoms with van der Waals surface area (Å²) in [7, 11) is 0. The monoisotopic (exact) mass is 524 g/mol. The van der Waals surface area contributed by atoms with Gasteiger partial charge in [-0.1, -0.05) is 0 Å². The van der Waals surface area contributed by atoms with Crippen molar-refractivity contribution in [2.75, 3.05) is 5.75 Å². The second kappa shape index (κ2) is 13.8. The molecular formula is C20H28N8O7S. The highest BCUT2D eigenvalue weighted by atomic mass is 32.1. The summed E-state index contributed by atoms with van der Waals surface area (Å²) in [5.41, 5.74) is 7.05. The number of aromatic nitrogens is 4. The maximum absolute atomic E-state index is 13.1. The van der Waals surface area contributed by atoms with Gasteiger partial charge in [0.2, 0.25) is 17.7 Å². The first-order valence-corrected chi connectivity index (χ1v) is 11.4. The highest BCUT2D eigenvalue weighted by Crippen LogP contribution is 2.05. The quantitative estimate of drug-likeness (QED) is 0.112. The number of carboxylic acid groups (broad SMARTS) is 2. The molecule has 36 heavy (non-hydrogen) atoms. The molecule has 0 bridgehead atoms. The minimum absolute atomic E-state index is 0.0456. The van der Waals surface area contributed by atoms with E-state index in [4.69, 9.17) is 15.9 Å². The molecule has 0 aromatic carbocycles. The van der Waals surface area contributed by atoms with Crippen molar-refractivity contribution >= 4 is 42.3 Å². The first-order chi connectivity index (χ1) is 17.1. The third-order valence-corrected chi connectivity index (χ3v) is 5.39. The number of carbonyl (C=O) groups is 5. The Morgan fingerprint density at radius 2 is 1.39 bits per heavy atom. The van der Waals surface area contributed by atoms with Gasteiger partial charge in [0.25, 0.3) is 0 Å². The molecule has 0 aliphatic rings. The molecule has 15 nitrogen and oxygen atoms in total. The van der Waals surface area contributed by atoms with E-state index >= 15 is 0 Å². The van der Waals surface area contributed by atoms with E-state index in [9.17, 15) is 24.0 Å². The van der Waals surface area contributed by atoms with Crippen LogP contribution < -0.4 is 21.7 Å². The second-order valence-electron chi connectivity index (χ2n) is 7.81. The number of nitrogens with one attached hydrogen (secondary N) is 5. The van der Waals surface area contributed by atoms with E-state index in [0.717, 1.165) is 0 Å². The molecule has 9 N–H and O–H groups in total. The van der Waals surface area contributed by atoms with Crippen LogP contribution in [0.15, 0.2) is 25.0 Å². The van der Waals surface area contributed by atoms with Crippen molar-refractivity contribution < 1.29 is 34.2 Å². The van der Waals surface area contributed by atoms with Crippen LogP contribution in [0.2, 0.25) is 0 Å². The van der Waals surface area contributed by atoms with Crippen molar-refractivity contribution in [3.63, 3.8) is 0 Å². The molecule has 2 aromatic rings. The fraction of sp³-hybridized carbons (Fsp3) is 0.450. The third kappa shape index (κ3) is 9.03. The highest BCUT2D eigenvalue weighted by molar-refractivity contribution is 7.80. The molecule has 16 heteroatoms. The van der Waals surface area contributed by atoms with Crippen LogP contribution in [0.4, 0.5) is 0 Å². The van der Waals surface area contributed by atoms with E-state index in [2.05, 4.69) is 48.5 Å². The van der Waals surface area contributed by atoms with Gasteiger partial charge in [0.05, 0.1) is 18.7 Å². The van der Waals surface area contributed by atoms with Gasteiger partial charge in [-0.05, 0) is 6.42 Å². The Kier molecular flexibility index (Phi) is 10.9. The Bertz CT molecular complexity index is 1030. The van der Waals surface area contributed by atoms with E-state index in [1.54, 1.807) is 0 Å². The zero-order chi connectivity index (χ0) is 26.7. The molecule has 0 spiro atoms. The first kappa shape index (κ1) is 28.3. The number of carboxylic acids is 2. The zero-order valence-corrected chi connectivity index (χ0v) is 19.9. The maximum Gasteiger partial charge on any atom is 0.327 e. The van der Waals surface area contributed by atoms with Crippen molar-refractivity contribution in [2.24, 2.45) is 5.73 Å². The average molecular weight is 525 g/mol. The Morgan fingerprint density at radius 1 is 0.861 bits per heavy atom. The number of imidazole rings is 2. The van der Waals surface area contributed by atoms with Gasteiger partial charge in [-0.3, -0.25) is 19.2 Å². The molecule has 3 amide bonds. The van der Waals surface area contributed by atoms with E-state index < -0.39 is 60.2 Å². The number of amides is 3. The van der Waals surface area contributed by atoms with Gasteiger partial charge in [-0.2, -0.15) is 12.6 Å². The molecule has 2 aromatic heterocycles. The Balaban J connectivity index is 2.16. The minimum atomic E-state index is -1.39. The molecule has 2 rings (SSSR count). The van der Waals surface area contributed by atoms with Crippen molar-refractivity contribution in [1.29, 1.82) is 0 Å². The van der Waals surface area contributed by atoms with Gasteiger partial charge in [-0.25, -0.2) is 14.8 Å². The molecule has 0 radical (unpaired) electrons. The Labute approximate surface area is 210 Å². The minimum Gasteiger partial charge on any atom is -0.481 e. The van der Waals surface area contributed by atoms with Crippen LogP contribution in [0.3, 0.4) is 0 Å². The Morgan fingerprint density at radius 3 is 1.89 bits per heavy atom. The summed E-state index contributed by atoms with van der Waals surface area (Å²) >= 11 is 3.87. The molecule has 0 saturated heterocycles. The van der Waals surface area contributed by atoms with Crippen LogP contribution in [0, 0.1) is 0 Å². The topological polar surface area (TPSA) is 245 Å². The van der Waals surface area contributed by atoms with Crippen molar-refractivity contribution in [1.82, 2.24) is 35.9 Å². The van der Waals surface area contributed by atoms with Gasteiger partial charge in [0.15, 0.2) is 0 Å². The third-order valence-electron chi connectivity index (χ3n) is 5.02. The number of aliphatic carboxylic acids is 2. The number of aromatic amines is 2. The van der Waals surface area contributed by atoms with Crippen LogP contribution in [-0.4, -0.2) is 89.7 Å². The molecular weight excluding hydrogens is 496 g/mol. The van der Waals surface area contributed by atoms with Gasteiger partial charge >= 0.3 is 11.9 Å². The molecule has 0 aliphatic carbocycles. The standard InChI is InChI=1S/C20H28N8O7S/c21-12(3-10-5-22-8-24-10)17(31)27-14(4-11-6-23-9-25-11)19(33)26-13(1-2-16(29)30)18(32)28-15(7-36)20(34)35/h5-6,8-9,12-15,36H,1-4,7,21H2,(H,22,24)(H,23,25)(H,26,33)(H,27,31)(H,28,32)(H,29,30)(H,34,35). The summed E-state index contributed by atoms with van der Waals surface area (Å²) in [4.78, 5) is 74.1. The maximum atomic E-state index is 13.1. The zero-order valence-electron chi connectivity index (χ0n) is 19.0. The van der Waals surface area contributed by atoms with Crippen LogP contribution in [0.1, 0.15) is 24.2 Å². The summed E-state index contributed by atoms with van der Waals surface area (Å²) in [5.74, 6) is -5.18. The SMILES string of the molecule is NC(Cc1cnc[nH]1)C(=O)NC(Cc1cnc[nH]1)C(=O)NC(CCC(=O)O)C(=O)NC(CS)C(=O)O. The fourth-order valence-corrected chi connectivity index (χ4v) is 3.34. The number of carbonyl (C=O) groups excluding carboxylic acids is 3. The lowest BCUT2D eigenvalue weighted by atomic mass is 10.1. The lowest BCUT2D eigenvalue weighted by Crippen LogP contribution is -2.58. The highest BCUT2D eigenvalue weighted by Gasteiger charge is 2.31. The van der Waals surface area contributed by atoms with E-state index in [-0.39, 0.29) is 25.0 Å². The van der Waals surface area contributed by atoms with E-state index in [0.29, 0.717) is 11.4 Å². The largest absolute Gasteiger partial charge is 0.481 e. The first-order valence-electron chi connectivity index (χ1n) is 10.8. The summed E-state index contributed by atoms with van der Waals surface area (Å²) < 4.78 is 0. The lowest BCUT2D eigenvalue weighted by molar-refractivity contribution is -0.142. The summed E-state index contributed by atoms with van der Waals surface area (Å²) in [5, 5.41) is 25.3. The van der Waals surface area contributed by atoms with Crippen LogP contribution in [0.5, 0.6) is 0 Å². The molecule has 0 aliphatic heterocycles. The predicted molar refractivity (Wildman–Crippen MR) is 127 cm³/mol. The predicted octanol–water partition coefficient (Wildman–Crippen LogP) is -2.42. The molecule has 2 heterocycles. The molecule has 4 atom stereocenters. The molecule has 0 saturated carbocycles. The normalized spacial score (nSPS) is 14.2. The van der Waals surface area contributed by atoms with Gasteiger partial charge in [-0.15, -0.1) is 0 Å². The number of hydrogen-bond acceptors (Lipinski definition) is 9. The van der Waals surface area contributed by atoms with Crippen LogP contribution in [-0.2, 0) is 36.8 Å². The molecule has 0 fully saturated rings. The number of thiol groups is 1. The number of nitrogens with two attached hydrogens (primary N) is 1. The van der Waals surface area contributed by atoms with Crippen LogP contribution >= 0.6 is 12.6 Å². The number of hydrogen-bond donors (Lipinski definition) is 9. The number of nitrogens with zero attached hydrogens (tertiary/aromatic N) is 2. The Hall–Kier alpha value is -3.92. The number of rotatable bonds is 15. The summed E-state index contributed by atoms with van der Waals surface area (Å²) in [6, 6.07) is -4.99. The number of H-pyrrole nitrogens is 2. The summed E-state index contributed by atoms with van der Waals surface area (Å²) in [6.07, 6.45) is 5.02. The van der Waals surface area contributed by atoms with Crippen LogP contribution in [0.25, 0.3) is 0 Å². The lowest BCUT2D eigenvalue weighted by Gasteiger charge is -2.24. The fourth-order valence-electron chi connectivity index (χ4n) is 3.10. The molecule has 4 unspecified atom stereocenters. The average Bonchev–Trinajstić information content (AvgIpc) is 3.53. The second-order valence-corrected chi connectivity index (χ2v) is 8.17.